The summed E-state index contributed by atoms with van der Waals surface area (Å²) in [6.07, 6.45) is 4.64. The zero-order valence-corrected chi connectivity index (χ0v) is 12.8. The van der Waals surface area contributed by atoms with Crippen molar-refractivity contribution < 1.29 is 9.90 Å². The Bertz CT molecular complexity index is 465. The van der Waals surface area contributed by atoms with E-state index in [-0.39, 0.29) is 0 Å². The third kappa shape index (κ3) is 3.21. The number of nitrogens with zero attached hydrogens (tertiary/aromatic N) is 1. The molecule has 1 unspecified atom stereocenters. The van der Waals surface area contributed by atoms with Gasteiger partial charge in [0.25, 0.3) is 0 Å². The molecule has 1 aromatic carbocycles. The van der Waals surface area contributed by atoms with Gasteiger partial charge in [0.15, 0.2) is 0 Å². The number of aliphatic carboxylic acids is 1. The zero-order chi connectivity index (χ0) is 14.7. The predicted molar refractivity (Wildman–Crippen MR) is 81.1 cm³/mol. The normalized spacial score (nSPS) is 18.6. The lowest BCUT2D eigenvalue weighted by Crippen LogP contribution is -2.35. The van der Waals surface area contributed by atoms with Gasteiger partial charge in [-0.25, -0.2) is 0 Å². The molecule has 0 saturated carbocycles. The fraction of sp³-hybridized carbons (Fsp3) is 0.588. The maximum Gasteiger partial charge on any atom is 0.325 e. The second-order valence-corrected chi connectivity index (χ2v) is 6.00. The van der Waals surface area contributed by atoms with E-state index in [4.69, 9.17) is 0 Å². The summed E-state index contributed by atoms with van der Waals surface area (Å²) < 4.78 is 0. The molecule has 3 heteroatoms. The number of benzene rings is 1. The molecule has 1 atom stereocenters. The lowest BCUT2D eigenvalue weighted by molar-refractivity contribution is -0.143. The van der Waals surface area contributed by atoms with Gasteiger partial charge in [0.1, 0.15) is 6.04 Å². The van der Waals surface area contributed by atoms with Gasteiger partial charge in [-0.3, -0.25) is 9.69 Å². The van der Waals surface area contributed by atoms with Crippen molar-refractivity contribution in [2.75, 3.05) is 13.1 Å². The highest BCUT2D eigenvalue weighted by atomic mass is 16.4. The van der Waals surface area contributed by atoms with Gasteiger partial charge in [0.2, 0.25) is 0 Å². The molecule has 0 amide bonds. The van der Waals surface area contributed by atoms with Gasteiger partial charge >= 0.3 is 5.97 Å². The quantitative estimate of drug-likeness (QED) is 0.916. The molecule has 1 aliphatic rings. The SMILES string of the molecule is Cc1cc(C)c(C(C(=O)O)N2CCCCCC2)c(C)c1. The maximum absolute atomic E-state index is 11.9. The molecule has 3 nitrogen and oxygen atoms in total. The average molecular weight is 275 g/mol. The number of hydrogen-bond donors (Lipinski definition) is 1. The summed E-state index contributed by atoms with van der Waals surface area (Å²) in [5, 5.41) is 9.75. The van der Waals surface area contributed by atoms with Gasteiger partial charge in [0.05, 0.1) is 0 Å². The van der Waals surface area contributed by atoms with E-state index in [1.165, 1.54) is 18.4 Å². The Morgan fingerprint density at radius 1 is 1.05 bits per heavy atom. The van der Waals surface area contributed by atoms with Gasteiger partial charge < -0.3 is 5.11 Å². The number of hydrogen-bond acceptors (Lipinski definition) is 2. The maximum atomic E-state index is 11.9. The van der Waals surface area contributed by atoms with Crippen molar-refractivity contribution in [3.8, 4) is 0 Å². The number of carboxylic acid groups (broad SMARTS) is 1. The highest BCUT2D eigenvalue weighted by Gasteiger charge is 2.30. The van der Waals surface area contributed by atoms with Crippen molar-refractivity contribution in [3.63, 3.8) is 0 Å². The van der Waals surface area contributed by atoms with Crippen molar-refractivity contribution in [3.05, 3.63) is 34.4 Å². The van der Waals surface area contributed by atoms with E-state index in [9.17, 15) is 9.90 Å². The minimum Gasteiger partial charge on any atom is -0.480 e. The molecule has 0 radical (unpaired) electrons. The van der Waals surface area contributed by atoms with Crippen LogP contribution in [0.2, 0.25) is 0 Å². The van der Waals surface area contributed by atoms with Crippen molar-refractivity contribution in [1.82, 2.24) is 4.90 Å². The number of aryl methyl sites for hydroxylation is 3. The molecular weight excluding hydrogens is 250 g/mol. The van der Waals surface area contributed by atoms with Crippen LogP contribution in [0.3, 0.4) is 0 Å². The minimum atomic E-state index is -0.720. The van der Waals surface area contributed by atoms with Crippen LogP contribution in [0.1, 0.15) is 54.0 Å². The lowest BCUT2D eigenvalue weighted by Gasteiger charge is -2.30. The van der Waals surface area contributed by atoms with Crippen LogP contribution in [0.25, 0.3) is 0 Å². The second-order valence-electron chi connectivity index (χ2n) is 6.00. The lowest BCUT2D eigenvalue weighted by atomic mass is 9.93. The average Bonchev–Trinajstić information content (AvgIpc) is 2.61. The molecule has 1 heterocycles. The molecule has 1 aromatic rings. The topological polar surface area (TPSA) is 40.5 Å². The number of carbonyl (C=O) groups is 1. The van der Waals surface area contributed by atoms with E-state index < -0.39 is 12.0 Å². The Morgan fingerprint density at radius 3 is 2.00 bits per heavy atom. The van der Waals surface area contributed by atoms with Crippen molar-refractivity contribution in [2.24, 2.45) is 0 Å². The Balaban J connectivity index is 2.40. The summed E-state index contributed by atoms with van der Waals surface area (Å²) in [4.78, 5) is 14.0. The second kappa shape index (κ2) is 6.40. The fourth-order valence-corrected chi connectivity index (χ4v) is 3.44. The first-order valence-electron chi connectivity index (χ1n) is 7.55. The van der Waals surface area contributed by atoms with Gasteiger partial charge in [-0.2, -0.15) is 0 Å². The van der Waals surface area contributed by atoms with Crippen molar-refractivity contribution in [1.29, 1.82) is 0 Å². The Morgan fingerprint density at radius 2 is 1.55 bits per heavy atom. The summed E-state index contributed by atoms with van der Waals surface area (Å²) in [7, 11) is 0. The standard InChI is InChI=1S/C17H25NO2/c1-12-10-13(2)15(14(3)11-12)16(17(19)20)18-8-6-4-5-7-9-18/h10-11,16H,4-9H2,1-3H3,(H,19,20). The largest absolute Gasteiger partial charge is 0.480 e. The molecule has 1 aliphatic heterocycles. The first-order chi connectivity index (χ1) is 9.50. The Kier molecular flexibility index (Phi) is 4.81. The molecule has 0 spiro atoms. The van der Waals surface area contributed by atoms with Crippen LogP contribution in [0.5, 0.6) is 0 Å². The Hall–Kier alpha value is -1.35. The van der Waals surface area contributed by atoms with Crippen molar-refractivity contribution in [2.45, 2.75) is 52.5 Å². The molecule has 1 saturated heterocycles. The third-order valence-electron chi connectivity index (χ3n) is 4.25. The predicted octanol–water partition coefficient (Wildman–Crippen LogP) is 3.61. The third-order valence-corrected chi connectivity index (χ3v) is 4.25. The number of rotatable bonds is 3. The fourth-order valence-electron chi connectivity index (χ4n) is 3.44. The molecule has 1 fully saturated rings. The molecule has 20 heavy (non-hydrogen) atoms. The van der Waals surface area contributed by atoms with Crippen LogP contribution in [-0.4, -0.2) is 29.1 Å². The van der Waals surface area contributed by atoms with Gasteiger partial charge in [-0.15, -0.1) is 0 Å². The van der Waals surface area contributed by atoms with Crippen LogP contribution in [0, 0.1) is 20.8 Å². The molecule has 110 valence electrons. The molecular formula is C17H25NO2. The van der Waals surface area contributed by atoms with E-state index in [2.05, 4.69) is 24.0 Å². The Labute approximate surface area is 121 Å². The zero-order valence-electron chi connectivity index (χ0n) is 12.8. The molecule has 0 aliphatic carbocycles. The van der Waals surface area contributed by atoms with Crippen LogP contribution in [0.4, 0.5) is 0 Å². The van der Waals surface area contributed by atoms with Crippen LogP contribution in [-0.2, 0) is 4.79 Å². The summed E-state index contributed by atoms with van der Waals surface area (Å²) in [5.74, 6) is -0.720. The smallest absolute Gasteiger partial charge is 0.325 e. The highest BCUT2D eigenvalue weighted by Crippen LogP contribution is 2.30. The van der Waals surface area contributed by atoms with E-state index in [0.29, 0.717) is 0 Å². The van der Waals surface area contributed by atoms with Gasteiger partial charge in [-0.1, -0.05) is 30.5 Å². The van der Waals surface area contributed by atoms with E-state index in [1.807, 2.05) is 13.8 Å². The summed E-state index contributed by atoms with van der Waals surface area (Å²) in [5.41, 5.74) is 4.38. The van der Waals surface area contributed by atoms with E-state index in [1.54, 1.807) is 0 Å². The first kappa shape index (κ1) is 15.0. The monoisotopic (exact) mass is 275 g/mol. The first-order valence-corrected chi connectivity index (χ1v) is 7.55. The van der Waals surface area contributed by atoms with Gasteiger partial charge in [0, 0.05) is 0 Å². The summed E-state index contributed by atoms with van der Waals surface area (Å²) >= 11 is 0. The highest BCUT2D eigenvalue weighted by molar-refractivity contribution is 5.77. The van der Waals surface area contributed by atoms with Crippen LogP contribution >= 0.6 is 0 Å². The number of carboxylic acids is 1. The minimum absolute atomic E-state index is 0.492. The summed E-state index contributed by atoms with van der Waals surface area (Å²) in [6.45, 7) is 7.91. The van der Waals surface area contributed by atoms with Gasteiger partial charge in [-0.05, 0) is 63.4 Å². The van der Waals surface area contributed by atoms with E-state index >= 15 is 0 Å². The summed E-state index contributed by atoms with van der Waals surface area (Å²) in [6, 6.07) is 3.69. The van der Waals surface area contributed by atoms with E-state index in [0.717, 1.165) is 42.6 Å². The van der Waals surface area contributed by atoms with Crippen LogP contribution in [0.15, 0.2) is 12.1 Å². The number of likely N-dealkylation sites (tertiary alicyclic amines) is 1. The van der Waals surface area contributed by atoms with Crippen LogP contribution < -0.4 is 0 Å². The molecule has 2 rings (SSSR count). The molecule has 0 aromatic heterocycles. The molecule has 0 bridgehead atoms. The van der Waals surface area contributed by atoms with Crippen molar-refractivity contribution >= 4 is 5.97 Å². The molecule has 1 N–H and O–H groups in total.